The molecule has 6 nitrogen and oxygen atoms in total. The van der Waals surface area contributed by atoms with Crippen LogP contribution in [0.3, 0.4) is 0 Å². The van der Waals surface area contributed by atoms with E-state index in [-0.39, 0.29) is 25.5 Å². The second-order valence-corrected chi connectivity index (χ2v) is 6.34. The van der Waals surface area contributed by atoms with Crippen LogP contribution in [0.1, 0.15) is 11.1 Å². The van der Waals surface area contributed by atoms with Crippen LogP contribution < -0.4 is 5.32 Å². The third-order valence-electron chi connectivity index (χ3n) is 4.32. The lowest BCUT2D eigenvalue weighted by atomic mass is 9.87. The molecule has 134 valence electrons. The first kappa shape index (κ1) is 17.7. The van der Waals surface area contributed by atoms with Crippen LogP contribution in [0, 0.1) is 0 Å². The van der Waals surface area contributed by atoms with Crippen LogP contribution in [0.4, 0.5) is 0 Å². The van der Waals surface area contributed by atoms with Crippen molar-refractivity contribution in [3.8, 4) is 0 Å². The number of rotatable bonds is 5. The molecule has 2 aromatic carbocycles. The lowest BCUT2D eigenvalue weighted by molar-refractivity contribution is -0.166. The molecule has 1 fully saturated rings. The fraction of sp³-hybridized carbons (Fsp3) is 0.250. The summed E-state index contributed by atoms with van der Waals surface area (Å²) >= 11 is 0. The topological polar surface area (TPSA) is 75.7 Å². The molecule has 1 aliphatic rings. The number of benzene rings is 2. The summed E-state index contributed by atoms with van der Waals surface area (Å²) in [4.78, 5) is 39.1. The number of carbonyl (C=O) groups is 3. The van der Waals surface area contributed by atoms with Crippen molar-refractivity contribution in [3.63, 3.8) is 0 Å². The standard InChI is InChI=1S/C20H20N2O4/c1-22-13-17(23)21-20(18(22)24,12-15-8-4-2-5-9-15)19(25)26-14-16-10-6-3-7-11-16/h2-11H,12-14H2,1H3,(H,21,23). The smallest absolute Gasteiger partial charge is 0.342 e. The minimum atomic E-state index is -1.75. The molecular formula is C20H20N2O4. The number of nitrogens with one attached hydrogen (secondary N) is 1. The second kappa shape index (κ2) is 7.39. The summed E-state index contributed by atoms with van der Waals surface area (Å²) in [6, 6.07) is 18.3. The lowest BCUT2D eigenvalue weighted by Crippen LogP contribution is -2.70. The first-order valence-electron chi connectivity index (χ1n) is 8.33. The first-order chi connectivity index (χ1) is 12.5. The number of hydrogen-bond acceptors (Lipinski definition) is 4. The molecule has 2 aromatic rings. The van der Waals surface area contributed by atoms with Crippen molar-refractivity contribution in [1.82, 2.24) is 10.2 Å². The molecule has 26 heavy (non-hydrogen) atoms. The van der Waals surface area contributed by atoms with E-state index in [0.717, 1.165) is 11.1 Å². The number of piperazine rings is 1. The maximum atomic E-state index is 12.9. The third kappa shape index (κ3) is 3.59. The largest absolute Gasteiger partial charge is 0.459 e. The van der Waals surface area contributed by atoms with Gasteiger partial charge < -0.3 is 15.0 Å². The van der Waals surface area contributed by atoms with E-state index in [1.807, 2.05) is 48.5 Å². The molecule has 1 heterocycles. The van der Waals surface area contributed by atoms with E-state index in [1.165, 1.54) is 11.9 Å². The van der Waals surface area contributed by atoms with Crippen molar-refractivity contribution in [2.45, 2.75) is 18.6 Å². The van der Waals surface area contributed by atoms with E-state index in [9.17, 15) is 14.4 Å². The molecule has 6 heteroatoms. The Morgan fingerprint density at radius 1 is 1.04 bits per heavy atom. The summed E-state index contributed by atoms with van der Waals surface area (Å²) in [5, 5.41) is 2.59. The Kier molecular flexibility index (Phi) is 5.02. The molecular weight excluding hydrogens is 332 g/mol. The molecule has 1 aliphatic heterocycles. The second-order valence-electron chi connectivity index (χ2n) is 6.34. The fourth-order valence-electron chi connectivity index (χ4n) is 3.02. The number of ether oxygens (including phenoxy) is 1. The predicted molar refractivity (Wildman–Crippen MR) is 94.9 cm³/mol. The van der Waals surface area contributed by atoms with Gasteiger partial charge in [0.25, 0.3) is 5.91 Å². The zero-order chi connectivity index (χ0) is 18.6. The Morgan fingerprint density at radius 2 is 1.62 bits per heavy atom. The molecule has 1 N–H and O–H groups in total. The van der Waals surface area contributed by atoms with Gasteiger partial charge in [0.2, 0.25) is 11.4 Å². The molecule has 0 spiro atoms. The molecule has 0 aliphatic carbocycles. The molecule has 1 atom stereocenters. The quantitative estimate of drug-likeness (QED) is 0.650. The predicted octanol–water partition coefficient (Wildman–Crippen LogP) is 1.30. The van der Waals surface area contributed by atoms with Crippen LogP contribution in [-0.2, 0) is 32.1 Å². The highest BCUT2D eigenvalue weighted by Gasteiger charge is 2.53. The minimum absolute atomic E-state index is 0.0308. The number of hydrogen-bond donors (Lipinski definition) is 1. The Balaban J connectivity index is 1.88. The molecule has 2 amide bonds. The summed E-state index contributed by atoms with van der Waals surface area (Å²) in [5.74, 6) is -1.62. The summed E-state index contributed by atoms with van der Waals surface area (Å²) in [5.41, 5.74) is -0.188. The molecule has 1 unspecified atom stereocenters. The van der Waals surface area contributed by atoms with Crippen LogP contribution in [-0.4, -0.2) is 41.8 Å². The van der Waals surface area contributed by atoms with E-state index in [2.05, 4.69) is 5.32 Å². The van der Waals surface area contributed by atoms with E-state index in [0.29, 0.717) is 0 Å². The van der Waals surface area contributed by atoms with Gasteiger partial charge in [0.15, 0.2) is 0 Å². The fourth-order valence-corrected chi connectivity index (χ4v) is 3.02. The van der Waals surface area contributed by atoms with Crippen molar-refractivity contribution < 1.29 is 19.1 Å². The Morgan fingerprint density at radius 3 is 2.23 bits per heavy atom. The molecule has 0 radical (unpaired) electrons. The molecule has 1 saturated heterocycles. The highest BCUT2D eigenvalue weighted by atomic mass is 16.5. The lowest BCUT2D eigenvalue weighted by Gasteiger charge is -2.38. The Bertz CT molecular complexity index is 807. The van der Waals surface area contributed by atoms with Crippen LogP contribution in [0.15, 0.2) is 60.7 Å². The molecule has 0 aromatic heterocycles. The zero-order valence-corrected chi connectivity index (χ0v) is 14.5. The third-order valence-corrected chi connectivity index (χ3v) is 4.32. The number of likely N-dealkylation sites (N-methyl/N-ethyl adjacent to an activating group) is 1. The first-order valence-corrected chi connectivity index (χ1v) is 8.33. The molecule has 0 saturated carbocycles. The van der Waals surface area contributed by atoms with Gasteiger partial charge in [-0.3, -0.25) is 9.59 Å². The van der Waals surface area contributed by atoms with E-state index < -0.39 is 17.4 Å². The number of nitrogens with zero attached hydrogens (tertiary/aromatic N) is 1. The van der Waals surface area contributed by atoms with Gasteiger partial charge in [-0.05, 0) is 11.1 Å². The van der Waals surface area contributed by atoms with Gasteiger partial charge in [-0.2, -0.15) is 0 Å². The number of amides is 2. The van der Waals surface area contributed by atoms with Gasteiger partial charge in [-0.1, -0.05) is 60.7 Å². The highest BCUT2D eigenvalue weighted by molar-refractivity contribution is 6.13. The number of esters is 1. The average molecular weight is 352 g/mol. The van der Waals surface area contributed by atoms with Gasteiger partial charge in [0.1, 0.15) is 6.61 Å². The monoisotopic (exact) mass is 352 g/mol. The molecule has 3 rings (SSSR count). The van der Waals surface area contributed by atoms with Gasteiger partial charge in [-0.15, -0.1) is 0 Å². The summed E-state index contributed by atoms with van der Waals surface area (Å²) in [6.07, 6.45) is 0.0381. The normalized spacial score (nSPS) is 19.8. The van der Waals surface area contributed by atoms with E-state index in [1.54, 1.807) is 12.1 Å². The summed E-state index contributed by atoms with van der Waals surface area (Å²) < 4.78 is 5.41. The SMILES string of the molecule is CN1CC(=O)NC(Cc2ccccc2)(C(=O)OCc2ccccc2)C1=O. The van der Waals surface area contributed by atoms with Crippen molar-refractivity contribution in [2.24, 2.45) is 0 Å². The van der Waals surface area contributed by atoms with Crippen LogP contribution in [0.5, 0.6) is 0 Å². The van der Waals surface area contributed by atoms with Gasteiger partial charge >= 0.3 is 5.97 Å². The van der Waals surface area contributed by atoms with Crippen molar-refractivity contribution in [3.05, 3.63) is 71.8 Å². The maximum Gasteiger partial charge on any atom is 0.342 e. The maximum absolute atomic E-state index is 12.9. The van der Waals surface area contributed by atoms with Crippen molar-refractivity contribution >= 4 is 17.8 Å². The van der Waals surface area contributed by atoms with Gasteiger partial charge in [0.05, 0.1) is 6.54 Å². The zero-order valence-electron chi connectivity index (χ0n) is 14.5. The van der Waals surface area contributed by atoms with Gasteiger partial charge in [0, 0.05) is 13.5 Å². The molecule has 0 bridgehead atoms. The Labute approximate surface area is 151 Å². The van der Waals surface area contributed by atoms with E-state index >= 15 is 0 Å². The summed E-state index contributed by atoms with van der Waals surface area (Å²) in [6.45, 7) is -0.0512. The van der Waals surface area contributed by atoms with Crippen LogP contribution in [0.2, 0.25) is 0 Å². The van der Waals surface area contributed by atoms with Crippen molar-refractivity contribution in [2.75, 3.05) is 13.6 Å². The average Bonchev–Trinajstić information content (AvgIpc) is 2.65. The van der Waals surface area contributed by atoms with Crippen molar-refractivity contribution in [1.29, 1.82) is 0 Å². The van der Waals surface area contributed by atoms with E-state index in [4.69, 9.17) is 4.74 Å². The minimum Gasteiger partial charge on any atom is -0.459 e. The summed E-state index contributed by atoms with van der Waals surface area (Å²) in [7, 11) is 1.51. The Hall–Kier alpha value is -3.15. The van der Waals surface area contributed by atoms with Gasteiger partial charge in [-0.25, -0.2) is 4.79 Å². The number of carbonyl (C=O) groups excluding carboxylic acids is 3. The highest BCUT2D eigenvalue weighted by Crippen LogP contribution is 2.22. The van der Waals surface area contributed by atoms with Crippen LogP contribution in [0.25, 0.3) is 0 Å². The van der Waals surface area contributed by atoms with Crippen LogP contribution >= 0.6 is 0 Å².